The Morgan fingerprint density at radius 3 is 2.82 bits per heavy atom. The fraction of sp³-hybridized carbons (Fsp3) is 0.538. The summed E-state index contributed by atoms with van der Waals surface area (Å²) in [6.07, 6.45) is 9.13. The second-order valence-corrected chi connectivity index (χ2v) is 5.95. The van der Waals surface area contributed by atoms with Crippen LogP contribution in [0.3, 0.4) is 0 Å². The molecule has 1 N–H and O–H groups in total. The second-order valence-electron chi connectivity index (χ2n) is 4.98. The topological polar surface area (TPSA) is 37.3 Å². The highest BCUT2D eigenvalue weighted by Gasteiger charge is 2.36. The van der Waals surface area contributed by atoms with E-state index in [2.05, 4.69) is 10.3 Å². The van der Waals surface area contributed by atoms with Gasteiger partial charge in [0.1, 0.15) is 0 Å². The van der Waals surface area contributed by atoms with Gasteiger partial charge in [-0.05, 0) is 30.4 Å². The van der Waals surface area contributed by atoms with Gasteiger partial charge in [0.2, 0.25) is 0 Å². The summed E-state index contributed by atoms with van der Waals surface area (Å²) in [5.41, 5.74) is 1.55. The predicted molar refractivity (Wildman–Crippen MR) is 73.5 cm³/mol. The molecule has 1 aromatic rings. The minimum atomic E-state index is 0.519. The fourth-order valence-corrected chi connectivity index (χ4v) is 3.78. The summed E-state index contributed by atoms with van der Waals surface area (Å²) < 4.78 is 0. The van der Waals surface area contributed by atoms with Crippen molar-refractivity contribution in [1.29, 1.82) is 0 Å². The largest absolute Gasteiger partial charge is 0.334 e. The third kappa shape index (κ3) is 2.46. The number of anilines is 1. The van der Waals surface area contributed by atoms with Gasteiger partial charge in [0.05, 0.1) is 11.9 Å². The lowest BCUT2D eigenvalue weighted by Crippen LogP contribution is -2.30. The second kappa shape index (κ2) is 4.69. The van der Waals surface area contributed by atoms with Gasteiger partial charge in [-0.25, -0.2) is 0 Å². The molecule has 3 rings (SSSR count). The highest BCUT2D eigenvalue weighted by molar-refractivity contribution is 8.14. The average molecular weight is 247 g/mol. The summed E-state index contributed by atoms with van der Waals surface area (Å²) >= 11 is 1.87. The van der Waals surface area contributed by atoms with Gasteiger partial charge < -0.3 is 5.32 Å². The molecule has 1 saturated carbocycles. The van der Waals surface area contributed by atoms with Crippen LogP contribution < -0.4 is 5.32 Å². The summed E-state index contributed by atoms with van der Waals surface area (Å²) in [4.78, 5) is 8.80. The minimum absolute atomic E-state index is 0.519. The molecule has 2 aliphatic rings. The zero-order chi connectivity index (χ0) is 11.6. The van der Waals surface area contributed by atoms with Gasteiger partial charge in [0.25, 0.3) is 0 Å². The first-order valence-electron chi connectivity index (χ1n) is 6.21. The maximum Gasteiger partial charge on any atom is 0.161 e. The molecule has 0 radical (unpaired) electrons. The number of aliphatic imine (C=N–C) groups is 1. The highest BCUT2D eigenvalue weighted by Crippen LogP contribution is 2.43. The van der Waals surface area contributed by atoms with Crippen LogP contribution in [-0.2, 0) is 0 Å². The van der Waals surface area contributed by atoms with Crippen molar-refractivity contribution in [3.05, 3.63) is 24.5 Å². The minimum Gasteiger partial charge on any atom is -0.334 e. The Morgan fingerprint density at radius 1 is 1.29 bits per heavy atom. The van der Waals surface area contributed by atoms with Crippen molar-refractivity contribution in [2.24, 2.45) is 10.4 Å². The molecule has 17 heavy (non-hydrogen) atoms. The smallest absolute Gasteiger partial charge is 0.161 e. The molecule has 0 amide bonds. The number of hydrogen-bond acceptors (Lipinski definition) is 4. The van der Waals surface area contributed by atoms with E-state index in [-0.39, 0.29) is 0 Å². The van der Waals surface area contributed by atoms with Crippen molar-refractivity contribution in [3.8, 4) is 0 Å². The van der Waals surface area contributed by atoms with Gasteiger partial charge in [-0.1, -0.05) is 24.6 Å². The van der Waals surface area contributed by atoms with Gasteiger partial charge in [-0.3, -0.25) is 9.98 Å². The zero-order valence-electron chi connectivity index (χ0n) is 9.85. The van der Waals surface area contributed by atoms with Crippen LogP contribution in [0.5, 0.6) is 0 Å². The summed E-state index contributed by atoms with van der Waals surface area (Å²) in [5, 5.41) is 4.39. The monoisotopic (exact) mass is 247 g/mol. The van der Waals surface area contributed by atoms with Crippen molar-refractivity contribution < 1.29 is 0 Å². The van der Waals surface area contributed by atoms with E-state index in [1.54, 1.807) is 6.20 Å². The molecule has 0 atom stereocenters. The first kappa shape index (κ1) is 11.1. The molecule has 4 heteroatoms. The molecule has 90 valence electrons. The van der Waals surface area contributed by atoms with Crippen LogP contribution in [0, 0.1) is 5.41 Å². The van der Waals surface area contributed by atoms with E-state index in [9.17, 15) is 0 Å². The molecule has 3 nitrogen and oxygen atoms in total. The Morgan fingerprint density at radius 2 is 2.18 bits per heavy atom. The predicted octanol–water partition coefficient (Wildman–Crippen LogP) is 3.16. The van der Waals surface area contributed by atoms with Gasteiger partial charge in [-0.2, -0.15) is 0 Å². The number of aromatic nitrogens is 1. The molecule has 0 saturated heterocycles. The number of rotatable bonds is 1. The van der Waals surface area contributed by atoms with Gasteiger partial charge in [0, 0.05) is 18.5 Å². The van der Waals surface area contributed by atoms with Crippen molar-refractivity contribution >= 4 is 22.6 Å². The number of nitrogens with one attached hydrogen (secondary N) is 1. The summed E-state index contributed by atoms with van der Waals surface area (Å²) in [6, 6.07) is 3.96. The lowest BCUT2D eigenvalue weighted by molar-refractivity contribution is 0.359. The van der Waals surface area contributed by atoms with Crippen LogP contribution in [-0.4, -0.2) is 22.4 Å². The number of nitrogens with zero attached hydrogens (tertiary/aromatic N) is 2. The molecule has 1 aromatic heterocycles. The van der Waals surface area contributed by atoms with Crippen LogP contribution in [0.2, 0.25) is 0 Å². The standard InChI is InChI=1S/C13H17N3S/c1-2-6-13(5-1)9-15-12(17-10-13)16-11-4-3-7-14-8-11/h3-4,7-8H,1-2,5-6,9-10H2,(H,15,16). The molecule has 1 fully saturated rings. The van der Waals surface area contributed by atoms with Crippen LogP contribution in [0.15, 0.2) is 29.5 Å². The van der Waals surface area contributed by atoms with Gasteiger partial charge >= 0.3 is 0 Å². The number of thioether (sulfide) groups is 1. The van der Waals surface area contributed by atoms with Crippen LogP contribution in [0.4, 0.5) is 5.69 Å². The van der Waals surface area contributed by atoms with E-state index >= 15 is 0 Å². The summed E-state index contributed by atoms with van der Waals surface area (Å²) in [5.74, 6) is 1.22. The number of amidine groups is 1. The first-order valence-corrected chi connectivity index (χ1v) is 7.19. The van der Waals surface area contributed by atoms with Crippen molar-refractivity contribution in [1.82, 2.24) is 4.98 Å². The van der Waals surface area contributed by atoms with E-state index in [1.807, 2.05) is 30.1 Å². The molecule has 0 bridgehead atoms. The van der Waals surface area contributed by atoms with Crippen molar-refractivity contribution in [2.45, 2.75) is 25.7 Å². The van der Waals surface area contributed by atoms with E-state index in [4.69, 9.17) is 4.99 Å². The fourth-order valence-electron chi connectivity index (χ4n) is 2.62. The Kier molecular flexibility index (Phi) is 3.05. The Labute approximate surface area is 106 Å². The van der Waals surface area contributed by atoms with Gasteiger partial charge in [-0.15, -0.1) is 0 Å². The molecule has 1 aliphatic heterocycles. The third-order valence-electron chi connectivity index (χ3n) is 3.65. The highest BCUT2D eigenvalue weighted by atomic mass is 32.2. The van der Waals surface area contributed by atoms with Crippen LogP contribution in [0.1, 0.15) is 25.7 Å². The van der Waals surface area contributed by atoms with E-state index in [0.717, 1.165) is 17.4 Å². The lowest BCUT2D eigenvalue weighted by atomic mass is 9.89. The normalized spacial score (nSPS) is 22.5. The molecular formula is C13H17N3S. The zero-order valence-corrected chi connectivity index (χ0v) is 10.7. The quantitative estimate of drug-likeness (QED) is 0.828. The maximum atomic E-state index is 4.70. The molecule has 1 spiro atoms. The maximum absolute atomic E-state index is 4.70. The Balaban J connectivity index is 1.65. The van der Waals surface area contributed by atoms with Crippen LogP contribution >= 0.6 is 11.8 Å². The molecule has 0 aromatic carbocycles. The first-order chi connectivity index (χ1) is 8.36. The Hall–Kier alpha value is -1.03. The van der Waals surface area contributed by atoms with Gasteiger partial charge in [0.15, 0.2) is 5.17 Å². The lowest BCUT2D eigenvalue weighted by Gasteiger charge is -2.31. The summed E-state index contributed by atoms with van der Waals surface area (Å²) in [7, 11) is 0. The molecule has 0 unspecified atom stereocenters. The van der Waals surface area contributed by atoms with E-state index < -0.39 is 0 Å². The van der Waals surface area contributed by atoms with Crippen molar-refractivity contribution in [3.63, 3.8) is 0 Å². The summed E-state index contributed by atoms with van der Waals surface area (Å²) in [6.45, 7) is 1.00. The number of hydrogen-bond donors (Lipinski definition) is 1. The van der Waals surface area contributed by atoms with Crippen LogP contribution in [0.25, 0.3) is 0 Å². The number of pyridine rings is 1. The third-order valence-corrected chi connectivity index (χ3v) is 4.91. The van der Waals surface area contributed by atoms with E-state index in [1.165, 1.54) is 31.4 Å². The molecular weight excluding hydrogens is 230 g/mol. The molecule has 1 aliphatic carbocycles. The van der Waals surface area contributed by atoms with Crippen molar-refractivity contribution in [2.75, 3.05) is 17.6 Å². The van der Waals surface area contributed by atoms with E-state index in [0.29, 0.717) is 5.41 Å². The SMILES string of the molecule is c1cncc(NC2=NCC3(CCCC3)CS2)c1. The molecule has 2 heterocycles. The Bertz CT molecular complexity index is 410. The average Bonchev–Trinajstić information content (AvgIpc) is 2.83.